The van der Waals surface area contributed by atoms with Crippen molar-refractivity contribution in [2.24, 2.45) is 0 Å². The minimum absolute atomic E-state index is 0.00854. The lowest BCUT2D eigenvalue weighted by molar-refractivity contribution is -0.116. The number of nitrogens with zero attached hydrogens (tertiary/aromatic N) is 1. The Bertz CT molecular complexity index is 765. The number of carbonyl (C=O) groups excluding carboxylic acids is 2. The molecule has 2 aromatic rings. The van der Waals surface area contributed by atoms with Gasteiger partial charge in [-0.05, 0) is 42.7 Å². The van der Waals surface area contributed by atoms with Gasteiger partial charge in [-0.15, -0.1) is 0 Å². The summed E-state index contributed by atoms with van der Waals surface area (Å²) in [6, 6.07) is 15.1. The fraction of sp³-hybridized carbons (Fsp3) is 0.300. The predicted molar refractivity (Wildman–Crippen MR) is 92.7 cm³/mol. The van der Waals surface area contributed by atoms with Crippen LogP contribution in [0.3, 0.4) is 0 Å². The van der Waals surface area contributed by atoms with E-state index >= 15 is 0 Å². The number of ketones is 1. The Morgan fingerprint density at radius 1 is 1.17 bits per heavy atom. The van der Waals surface area contributed by atoms with E-state index in [0.717, 1.165) is 11.1 Å². The lowest BCUT2D eigenvalue weighted by Crippen LogP contribution is -2.41. The van der Waals surface area contributed by atoms with Crippen molar-refractivity contribution in [3.63, 3.8) is 0 Å². The van der Waals surface area contributed by atoms with Crippen molar-refractivity contribution in [2.75, 3.05) is 6.54 Å². The van der Waals surface area contributed by atoms with E-state index in [-0.39, 0.29) is 24.7 Å². The number of carbonyl (C=O) groups is 2. The first-order chi connectivity index (χ1) is 11.5. The van der Waals surface area contributed by atoms with E-state index in [1.807, 2.05) is 24.3 Å². The third kappa shape index (κ3) is 3.10. The summed E-state index contributed by atoms with van der Waals surface area (Å²) >= 11 is 0. The molecule has 0 aromatic heterocycles. The molecule has 3 rings (SSSR count). The molecule has 0 unspecified atom stereocenters. The molecule has 0 aliphatic carbocycles. The summed E-state index contributed by atoms with van der Waals surface area (Å²) in [4.78, 5) is 25.8. The molecule has 2 atom stereocenters. The van der Waals surface area contributed by atoms with Gasteiger partial charge in [0.2, 0.25) is 0 Å². The third-order valence-corrected chi connectivity index (χ3v) is 4.59. The zero-order valence-corrected chi connectivity index (χ0v) is 13.9. The van der Waals surface area contributed by atoms with Gasteiger partial charge >= 0.3 is 0 Å². The van der Waals surface area contributed by atoms with Gasteiger partial charge in [0.1, 0.15) is 0 Å². The smallest absolute Gasteiger partial charge is 0.254 e. The molecule has 0 radical (unpaired) electrons. The van der Waals surface area contributed by atoms with Crippen LogP contribution in [0.5, 0.6) is 0 Å². The Hall–Kier alpha value is -2.46. The maximum atomic E-state index is 12.7. The number of likely N-dealkylation sites (tertiary alicyclic amines) is 1. The molecular formula is C20H21NO3. The summed E-state index contributed by atoms with van der Waals surface area (Å²) in [5.74, 6) is -0.214. The largest absolute Gasteiger partial charge is 0.391 e. The van der Waals surface area contributed by atoms with Crippen LogP contribution in [-0.2, 0) is 4.79 Å². The van der Waals surface area contributed by atoms with E-state index in [2.05, 4.69) is 19.1 Å². The number of rotatable bonds is 3. The van der Waals surface area contributed by atoms with Gasteiger partial charge in [0.25, 0.3) is 5.91 Å². The van der Waals surface area contributed by atoms with E-state index in [1.165, 1.54) is 10.5 Å². The molecule has 1 heterocycles. The van der Waals surface area contributed by atoms with Gasteiger partial charge in [-0.3, -0.25) is 9.59 Å². The van der Waals surface area contributed by atoms with Crippen molar-refractivity contribution in [1.82, 2.24) is 4.90 Å². The van der Waals surface area contributed by atoms with Crippen molar-refractivity contribution < 1.29 is 14.7 Å². The molecule has 4 heteroatoms. The van der Waals surface area contributed by atoms with E-state index in [1.54, 1.807) is 19.1 Å². The SMILES string of the molecule is Cc1ccccc1-c1ccc(C(=O)N2CC(=O)C[C@H]2[C@@H](C)O)cc1. The molecule has 1 amide bonds. The highest BCUT2D eigenvalue weighted by Gasteiger charge is 2.37. The second kappa shape index (κ2) is 6.57. The first-order valence-corrected chi connectivity index (χ1v) is 8.14. The van der Waals surface area contributed by atoms with Crippen LogP contribution in [0.1, 0.15) is 29.3 Å². The fourth-order valence-electron chi connectivity index (χ4n) is 3.22. The minimum atomic E-state index is -0.716. The van der Waals surface area contributed by atoms with Crippen LogP contribution in [0.4, 0.5) is 0 Å². The number of aliphatic hydroxyl groups is 1. The van der Waals surface area contributed by atoms with Gasteiger partial charge < -0.3 is 10.0 Å². The summed E-state index contributed by atoms with van der Waals surface area (Å²) in [5, 5.41) is 9.81. The highest BCUT2D eigenvalue weighted by atomic mass is 16.3. The quantitative estimate of drug-likeness (QED) is 0.945. The van der Waals surface area contributed by atoms with Crippen LogP contribution >= 0.6 is 0 Å². The van der Waals surface area contributed by atoms with Gasteiger partial charge in [0.05, 0.1) is 18.7 Å². The molecule has 0 spiro atoms. The summed E-state index contributed by atoms with van der Waals surface area (Å²) < 4.78 is 0. The minimum Gasteiger partial charge on any atom is -0.391 e. The lowest BCUT2D eigenvalue weighted by Gasteiger charge is -2.26. The van der Waals surface area contributed by atoms with E-state index < -0.39 is 12.1 Å². The molecule has 1 N–H and O–H groups in total. The zero-order chi connectivity index (χ0) is 17.3. The second-order valence-electron chi connectivity index (χ2n) is 6.38. The van der Waals surface area contributed by atoms with Crippen LogP contribution < -0.4 is 0 Å². The first kappa shape index (κ1) is 16.4. The van der Waals surface area contributed by atoms with Crippen molar-refractivity contribution >= 4 is 11.7 Å². The third-order valence-electron chi connectivity index (χ3n) is 4.59. The molecule has 4 nitrogen and oxygen atoms in total. The van der Waals surface area contributed by atoms with Gasteiger partial charge in [0.15, 0.2) is 5.78 Å². The highest BCUT2D eigenvalue weighted by Crippen LogP contribution is 2.25. The second-order valence-corrected chi connectivity index (χ2v) is 6.38. The average Bonchev–Trinajstić information content (AvgIpc) is 2.97. The van der Waals surface area contributed by atoms with Crippen molar-refractivity contribution in [3.05, 3.63) is 59.7 Å². The number of aryl methyl sites for hydroxylation is 1. The predicted octanol–water partition coefficient (Wildman–Crippen LogP) is 2.83. The van der Waals surface area contributed by atoms with Crippen LogP contribution in [0.15, 0.2) is 48.5 Å². The van der Waals surface area contributed by atoms with Gasteiger partial charge in [0, 0.05) is 12.0 Å². The van der Waals surface area contributed by atoms with E-state index in [0.29, 0.717) is 5.56 Å². The number of amides is 1. The first-order valence-electron chi connectivity index (χ1n) is 8.14. The molecule has 24 heavy (non-hydrogen) atoms. The lowest BCUT2D eigenvalue weighted by atomic mass is 9.99. The summed E-state index contributed by atoms with van der Waals surface area (Å²) in [6.45, 7) is 3.75. The van der Waals surface area contributed by atoms with E-state index in [4.69, 9.17) is 0 Å². The number of hydrogen-bond donors (Lipinski definition) is 1. The maximum Gasteiger partial charge on any atom is 0.254 e. The Kier molecular flexibility index (Phi) is 4.49. The van der Waals surface area contributed by atoms with Crippen molar-refractivity contribution in [2.45, 2.75) is 32.4 Å². The van der Waals surface area contributed by atoms with Gasteiger partial charge in [-0.25, -0.2) is 0 Å². The summed E-state index contributed by atoms with van der Waals surface area (Å²) in [5.41, 5.74) is 3.90. The Balaban J connectivity index is 1.84. The number of aliphatic hydroxyl groups excluding tert-OH is 1. The zero-order valence-electron chi connectivity index (χ0n) is 13.9. The van der Waals surface area contributed by atoms with Gasteiger partial charge in [-0.2, -0.15) is 0 Å². The molecule has 0 bridgehead atoms. The van der Waals surface area contributed by atoms with Crippen molar-refractivity contribution in [3.8, 4) is 11.1 Å². The maximum absolute atomic E-state index is 12.7. The number of Topliss-reactive ketones (excluding diaryl/α,β-unsaturated/α-hetero) is 1. The Morgan fingerprint density at radius 2 is 1.83 bits per heavy atom. The Labute approximate surface area is 141 Å². The fourth-order valence-corrected chi connectivity index (χ4v) is 3.22. The highest BCUT2D eigenvalue weighted by molar-refractivity contribution is 5.99. The molecule has 1 aliphatic rings. The number of benzene rings is 2. The molecule has 0 saturated carbocycles. The average molecular weight is 323 g/mol. The van der Waals surface area contributed by atoms with Crippen LogP contribution in [-0.4, -0.2) is 40.4 Å². The summed E-state index contributed by atoms with van der Waals surface area (Å²) in [6.07, 6.45) is -0.489. The standard InChI is InChI=1S/C20H21NO3/c1-13-5-3-4-6-18(13)15-7-9-16(10-8-15)20(24)21-12-17(23)11-19(21)14(2)22/h3-10,14,19,22H,11-12H2,1-2H3/t14-,19+/m1/s1. The molecule has 1 aliphatic heterocycles. The monoisotopic (exact) mass is 323 g/mol. The van der Waals surface area contributed by atoms with Crippen LogP contribution in [0.25, 0.3) is 11.1 Å². The molecular weight excluding hydrogens is 302 g/mol. The van der Waals surface area contributed by atoms with E-state index in [9.17, 15) is 14.7 Å². The van der Waals surface area contributed by atoms with Gasteiger partial charge in [-0.1, -0.05) is 36.4 Å². The normalized spacial score (nSPS) is 18.7. The number of hydrogen-bond acceptors (Lipinski definition) is 3. The summed E-state index contributed by atoms with van der Waals surface area (Å²) in [7, 11) is 0. The molecule has 1 fully saturated rings. The molecule has 2 aromatic carbocycles. The molecule has 124 valence electrons. The van der Waals surface area contributed by atoms with Crippen LogP contribution in [0, 0.1) is 6.92 Å². The van der Waals surface area contributed by atoms with Crippen LogP contribution in [0.2, 0.25) is 0 Å². The van der Waals surface area contributed by atoms with Crippen molar-refractivity contribution in [1.29, 1.82) is 0 Å². The topological polar surface area (TPSA) is 57.6 Å². The Morgan fingerprint density at radius 3 is 2.46 bits per heavy atom. The molecule has 1 saturated heterocycles.